The predicted molar refractivity (Wildman–Crippen MR) is 79.3 cm³/mol. The van der Waals surface area contributed by atoms with Gasteiger partial charge in [0.1, 0.15) is 0 Å². The van der Waals surface area contributed by atoms with Crippen molar-refractivity contribution in [2.45, 2.75) is 45.6 Å². The average Bonchev–Trinajstić information content (AvgIpc) is 2.51. The number of nitrogens with zero attached hydrogens (tertiary/aromatic N) is 1. The summed E-state index contributed by atoms with van der Waals surface area (Å²) in [7, 11) is 0. The van der Waals surface area contributed by atoms with E-state index in [1.807, 2.05) is 0 Å². The van der Waals surface area contributed by atoms with Crippen LogP contribution in [0.2, 0.25) is 0 Å². The third-order valence-electron chi connectivity index (χ3n) is 3.49. The standard InChI is InChI=1S/C16H26N2/c1-16(2,3)17-11-13-18-12-7-6-9-14-8-4-5-10-15(14)18/h4-5,8,10,17H,6-7,9,11-13H2,1-3H3. The molecule has 0 fully saturated rings. The molecule has 2 heteroatoms. The number of hydrogen-bond acceptors (Lipinski definition) is 2. The lowest BCUT2D eigenvalue weighted by Gasteiger charge is -2.28. The minimum atomic E-state index is 0.214. The summed E-state index contributed by atoms with van der Waals surface area (Å²) >= 11 is 0. The first-order valence-corrected chi connectivity index (χ1v) is 7.14. The van der Waals surface area contributed by atoms with Gasteiger partial charge in [-0.1, -0.05) is 18.2 Å². The van der Waals surface area contributed by atoms with E-state index in [9.17, 15) is 0 Å². The van der Waals surface area contributed by atoms with Crippen molar-refractivity contribution in [3.8, 4) is 0 Å². The van der Waals surface area contributed by atoms with E-state index in [1.165, 1.54) is 37.1 Å². The van der Waals surface area contributed by atoms with Crippen molar-refractivity contribution in [3.05, 3.63) is 29.8 Å². The fraction of sp³-hybridized carbons (Fsp3) is 0.625. The Morgan fingerprint density at radius 2 is 1.94 bits per heavy atom. The molecule has 0 saturated carbocycles. The van der Waals surface area contributed by atoms with Crippen molar-refractivity contribution >= 4 is 5.69 Å². The minimum Gasteiger partial charge on any atom is -0.370 e. The molecule has 0 unspecified atom stereocenters. The molecule has 1 heterocycles. The second kappa shape index (κ2) is 5.75. The Kier molecular flexibility index (Phi) is 4.28. The Labute approximate surface area is 111 Å². The van der Waals surface area contributed by atoms with E-state index >= 15 is 0 Å². The van der Waals surface area contributed by atoms with E-state index in [0.29, 0.717) is 0 Å². The molecule has 100 valence electrons. The van der Waals surface area contributed by atoms with Gasteiger partial charge in [0.2, 0.25) is 0 Å². The molecule has 0 saturated heterocycles. The van der Waals surface area contributed by atoms with Crippen LogP contribution in [0.1, 0.15) is 39.2 Å². The van der Waals surface area contributed by atoms with Crippen LogP contribution < -0.4 is 10.2 Å². The molecule has 1 N–H and O–H groups in total. The second-order valence-electron chi connectivity index (χ2n) is 6.25. The Hall–Kier alpha value is -1.02. The Bertz CT molecular complexity index is 379. The van der Waals surface area contributed by atoms with E-state index < -0.39 is 0 Å². The monoisotopic (exact) mass is 246 g/mol. The van der Waals surface area contributed by atoms with E-state index in [4.69, 9.17) is 0 Å². The zero-order valence-electron chi connectivity index (χ0n) is 12.0. The molecule has 0 radical (unpaired) electrons. The lowest BCUT2D eigenvalue weighted by molar-refractivity contribution is 0.429. The second-order valence-corrected chi connectivity index (χ2v) is 6.25. The molecule has 1 aromatic carbocycles. The number of fused-ring (bicyclic) bond motifs is 1. The van der Waals surface area contributed by atoms with Gasteiger partial charge in [0.25, 0.3) is 0 Å². The van der Waals surface area contributed by atoms with E-state index in [1.54, 1.807) is 0 Å². The van der Waals surface area contributed by atoms with Crippen LogP contribution in [0.15, 0.2) is 24.3 Å². The molecule has 2 nitrogen and oxygen atoms in total. The van der Waals surface area contributed by atoms with Crippen LogP contribution in [-0.2, 0) is 6.42 Å². The van der Waals surface area contributed by atoms with E-state index in [-0.39, 0.29) is 5.54 Å². The molecular formula is C16H26N2. The molecule has 0 aromatic heterocycles. The summed E-state index contributed by atoms with van der Waals surface area (Å²) in [5.74, 6) is 0. The molecule has 1 aromatic rings. The number of anilines is 1. The number of benzene rings is 1. The molecule has 18 heavy (non-hydrogen) atoms. The molecule has 0 bridgehead atoms. The molecule has 0 spiro atoms. The molecule has 0 aliphatic carbocycles. The van der Waals surface area contributed by atoms with Crippen molar-refractivity contribution in [3.63, 3.8) is 0 Å². The van der Waals surface area contributed by atoms with Crippen LogP contribution in [0.4, 0.5) is 5.69 Å². The maximum Gasteiger partial charge on any atom is 0.0399 e. The van der Waals surface area contributed by atoms with Crippen LogP contribution >= 0.6 is 0 Å². The quantitative estimate of drug-likeness (QED) is 0.881. The largest absolute Gasteiger partial charge is 0.370 e. The maximum absolute atomic E-state index is 3.58. The molecule has 0 amide bonds. The summed E-state index contributed by atoms with van der Waals surface area (Å²) in [4.78, 5) is 2.54. The van der Waals surface area contributed by atoms with Gasteiger partial charge in [-0.15, -0.1) is 0 Å². The maximum atomic E-state index is 3.58. The smallest absolute Gasteiger partial charge is 0.0399 e. The van der Waals surface area contributed by atoms with Gasteiger partial charge < -0.3 is 10.2 Å². The molecule has 1 aliphatic heterocycles. The molecular weight excluding hydrogens is 220 g/mol. The number of nitrogens with one attached hydrogen (secondary N) is 1. The molecule has 2 rings (SSSR count). The lowest BCUT2D eigenvalue weighted by Crippen LogP contribution is -2.41. The Morgan fingerprint density at radius 1 is 1.17 bits per heavy atom. The SMILES string of the molecule is CC(C)(C)NCCN1CCCCc2ccccc21. The van der Waals surface area contributed by atoms with Crippen molar-refractivity contribution in [1.29, 1.82) is 0 Å². The van der Waals surface area contributed by atoms with E-state index in [2.05, 4.69) is 55.3 Å². The van der Waals surface area contributed by atoms with Gasteiger partial charge in [-0.25, -0.2) is 0 Å². The predicted octanol–water partition coefficient (Wildman–Crippen LogP) is 3.22. The average molecular weight is 246 g/mol. The van der Waals surface area contributed by atoms with Crippen LogP contribution in [0.3, 0.4) is 0 Å². The van der Waals surface area contributed by atoms with Gasteiger partial charge in [0.15, 0.2) is 0 Å². The summed E-state index contributed by atoms with van der Waals surface area (Å²) < 4.78 is 0. The summed E-state index contributed by atoms with van der Waals surface area (Å²) in [5.41, 5.74) is 3.18. The topological polar surface area (TPSA) is 15.3 Å². The van der Waals surface area contributed by atoms with Gasteiger partial charge in [-0.2, -0.15) is 0 Å². The van der Waals surface area contributed by atoms with E-state index in [0.717, 1.165) is 13.1 Å². The zero-order valence-corrected chi connectivity index (χ0v) is 12.0. The van der Waals surface area contributed by atoms with Gasteiger partial charge in [0, 0.05) is 30.9 Å². The normalized spacial score (nSPS) is 16.3. The van der Waals surface area contributed by atoms with Crippen molar-refractivity contribution in [2.24, 2.45) is 0 Å². The van der Waals surface area contributed by atoms with Crippen LogP contribution in [-0.4, -0.2) is 25.2 Å². The first kappa shape index (κ1) is 13.4. The zero-order chi connectivity index (χ0) is 13.0. The Morgan fingerprint density at radius 3 is 2.72 bits per heavy atom. The van der Waals surface area contributed by atoms with Gasteiger partial charge >= 0.3 is 0 Å². The Balaban J connectivity index is 2.00. The van der Waals surface area contributed by atoms with Crippen LogP contribution in [0.25, 0.3) is 0 Å². The number of rotatable bonds is 3. The summed E-state index contributed by atoms with van der Waals surface area (Å²) in [5, 5.41) is 3.58. The third-order valence-corrected chi connectivity index (χ3v) is 3.49. The highest BCUT2D eigenvalue weighted by Crippen LogP contribution is 2.25. The first-order chi connectivity index (χ1) is 8.56. The number of aryl methyl sites for hydroxylation is 1. The number of para-hydroxylation sites is 1. The van der Waals surface area contributed by atoms with Crippen molar-refractivity contribution < 1.29 is 0 Å². The third kappa shape index (κ3) is 3.74. The van der Waals surface area contributed by atoms with Gasteiger partial charge in [-0.3, -0.25) is 0 Å². The minimum absolute atomic E-state index is 0.214. The highest BCUT2D eigenvalue weighted by Gasteiger charge is 2.15. The van der Waals surface area contributed by atoms with Crippen LogP contribution in [0.5, 0.6) is 0 Å². The van der Waals surface area contributed by atoms with Crippen LogP contribution in [0, 0.1) is 0 Å². The summed E-state index contributed by atoms with van der Waals surface area (Å²) in [6, 6.07) is 8.88. The van der Waals surface area contributed by atoms with Crippen molar-refractivity contribution in [2.75, 3.05) is 24.5 Å². The number of hydrogen-bond donors (Lipinski definition) is 1. The lowest BCUT2D eigenvalue weighted by atomic mass is 10.1. The fourth-order valence-electron chi connectivity index (χ4n) is 2.57. The highest BCUT2D eigenvalue weighted by molar-refractivity contribution is 5.54. The van der Waals surface area contributed by atoms with Crippen molar-refractivity contribution in [1.82, 2.24) is 5.32 Å². The van der Waals surface area contributed by atoms with Gasteiger partial charge in [-0.05, 0) is 51.7 Å². The molecule has 0 atom stereocenters. The first-order valence-electron chi connectivity index (χ1n) is 7.14. The fourth-order valence-corrected chi connectivity index (χ4v) is 2.57. The molecule has 1 aliphatic rings. The highest BCUT2D eigenvalue weighted by atomic mass is 15.1. The summed E-state index contributed by atoms with van der Waals surface area (Å²) in [6.07, 6.45) is 3.86. The summed E-state index contributed by atoms with van der Waals surface area (Å²) in [6.45, 7) is 10.0. The van der Waals surface area contributed by atoms with Gasteiger partial charge in [0.05, 0.1) is 0 Å².